The lowest BCUT2D eigenvalue weighted by Crippen LogP contribution is -2.32. The van der Waals surface area contributed by atoms with Gasteiger partial charge < -0.3 is 5.32 Å². The molecule has 1 N–H and O–H groups in total. The number of aromatic nitrogens is 2. The summed E-state index contributed by atoms with van der Waals surface area (Å²) in [6, 6.07) is 11.2. The quantitative estimate of drug-likeness (QED) is 0.898. The van der Waals surface area contributed by atoms with Crippen LogP contribution in [0.4, 0.5) is 0 Å². The molecular weight excluding hydrogens is 248 g/mol. The highest BCUT2D eigenvalue weighted by atomic mass is 15.2. The highest BCUT2D eigenvalue weighted by molar-refractivity contribution is 5.14. The molecular formula is C16H20N4. The van der Waals surface area contributed by atoms with Crippen molar-refractivity contribution in [3.63, 3.8) is 0 Å². The van der Waals surface area contributed by atoms with Crippen LogP contribution in [-0.2, 0) is 13.1 Å². The molecule has 1 aromatic carbocycles. The molecule has 0 amide bonds. The van der Waals surface area contributed by atoms with Gasteiger partial charge in [-0.25, -0.2) is 0 Å². The van der Waals surface area contributed by atoms with Crippen molar-refractivity contribution in [1.82, 2.24) is 20.2 Å². The predicted octanol–water partition coefficient (Wildman–Crippen LogP) is 1.84. The van der Waals surface area contributed by atoms with Crippen LogP contribution in [0.25, 0.3) is 0 Å². The van der Waals surface area contributed by atoms with E-state index < -0.39 is 0 Å². The van der Waals surface area contributed by atoms with Crippen LogP contribution in [0.1, 0.15) is 17.7 Å². The first-order valence-corrected chi connectivity index (χ1v) is 7.15. The van der Waals surface area contributed by atoms with Gasteiger partial charge in [-0.3, -0.25) is 14.9 Å². The van der Waals surface area contributed by atoms with Gasteiger partial charge in [-0.1, -0.05) is 30.3 Å². The van der Waals surface area contributed by atoms with Gasteiger partial charge >= 0.3 is 0 Å². The van der Waals surface area contributed by atoms with Crippen molar-refractivity contribution < 1.29 is 0 Å². The molecule has 4 nitrogen and oxygen atoms in total. The van der Waals surface area contributed by atoms with Crippen LogP contribution in [0, 0.1) is 0 Å². The van der Waals surface area contributed by atoms with Crippen LogP contribution in [0.15, 0.2) is 48.9 Å². The fraction of sp³-hybridized carbons (Fsp3) is 0.375. The van der Waals surface area contributed by atoms with Crippen LogP contribution < -0.4 is 5.32 Å². The fourth-order valence-electron chi connectivity index (χ4n) is 2.65. The Bertz CT molecular complexity index is 515. The smallest absolute Gasteiger partial charge is 0.0724 e. The molecule has 2 heterocycles. The Morgan fingerprint density at radius 2 is 2.10 bits per heavy atom. The molecule has 0 aliphatic carbocycles. The third-order valence-corrected chi connectivity index (χ3v) is 3.71. The van der Waals surface area contributed by atoms with Gasteiger partial charge in [0.05, 0.1) is 5.69 Å². The average molecular weight is 268 g/mol. The Labute approximate surface area is 119 Å². The summed E-state index contributed by atoms with van der Waals surface area (Å²) in [5, 5.41) is 3.57. The lowest BCUT2D eigenvalue weighted by molar-refractivity contribution is 0.319. The monoisotopic (exact) mass is 268 g/mol. The molecule has 4 heteroatoms. The van der Waals surface area contributed by atoms with E-state index in [9.17, 15) is 0 Å². The second kappa shape index (κ2) is 6.59. The fourth-order valence-corrected chi connectivity index (χ4v) is 2.65. The minimum atomic E-state index is 0.556. The third-order valence-electron chi connectivity index (χ3n) is 3.71. The molecule has 1 saturated heterocycles. The van der Waals surface area contributed by atoms with Gasteiger partial charge in [0, 0.05) is 50.8 Å². The van der Waals surface area contributed by atoms with E-state index in [4.69, 9.17) is 0 Å². The van der Waals surface area contributed by atoms with E-state index in [1.54, 1.807) is 12.4 Å². The predicted molar refractivity (Wildman–Crippen MR) is 79.0 cm³/mol. The average Bonchev–Trinajstić information content (AvgIpc) is 2.95. The summed E-state index contributed by atoms with van der Waals surface area (Å²) in [5.74, 6) is 0. The van der Waals surface area contributed by atoms with E-state index in [0.29, 0.717) is 6.04 Å². The lowest BCUT2D eigenvalue weighted by Gasteiger charge is -2.16. The van der Waals surface area contributed by atoms with E-state index in [1.807, 2.05) is 6.20 Å². The van der Waals surface area contributed by atoms with E-state index in [1.165, 1.54) is 12.0 Å². The van der Waals surface area contributed by atoms with Crippen molar-refractivity contribution >= 4 is 0 Å². The summed E-state index contributed by atoms with van der Waals surface area (Å²) < 4.78 is 0. The van der Waals surface area contributed by atoms with Crippen LogP contribution in [0.2, 0.25) is 0 Å². The molecule has 1 aliphatic rings. The summed E-state index contributed by atoms with van der Waals surface area (Å²) in [6.45, 7) is 4.12. The largest absolute Gasteiger partial charge is 0.307 e. The summed E-state index contributed by atoms with van der Waals surface area (Å²) in [6.07, 6.45) is 6.48. The van der Waals surface area contributed by atoms with Crippen LogP contribution in [0.5, 0.6) is 0 Å². The van der Waals surface area contributed by atoms with Crippen LogP contribution in [-0.4, -0.2) is 34.0 Å². The maximum absolute atomic E-state index is 4.29. The van der Waals surface area contributed by atoms with Crippen molar-refractivity contribution in [3.05, 3.63) is 60.2 Å². The number of hydrogen-bond donors (Lipinski definition) is 1. The molecule has 1 aromatic heterocycles. The first-order valence-electron chi connectivity index (χ1n) is 7.15. The highest BCUT2D eigenvalue weighted by Crippen LogP contribution is 2.13. The first-order chi connectivity index (χ1) is 9.90. The maximum Gasteiger partial charge on any atom is 0.0724 e. The summed E-state index contributed by atoms with van der Waals surface area (Å²) >= 11 is 0. The summed E-state index contributed by atoms with van der Waals surface area (Å²) in [5.41, 5.74) is 2.40. The van der Waals surface area contributed by atoms with Crippen molar-refractivity contribution in [2.45, 2.75) is 25.6 Å². The molecule has 0 saturated carbocycles. The number of likely N-dealkylation sites (tertiary alicyclic amines) is 1. The van der Waals surface area contributed by atoms with Gasteiger partial charge in [-0.15, -0.1) is 0 Å². The van der Waals surface area contributed by atoms with E-state index in [0.717, 1.165) is 31.9 Å². The molecule has 2 aromatic rings. The standard InChI is InChI=1S/C16H20N4/c1-2-4-14(5-3-1)12-20-9-6-15(13-20)19-11-16-10-17-7-8-18-16/h1-5,7-8,10,15,19H,6,9,11-13H2. The van der Waals surface area contributed by atoms with Gasteiger partial charge in [0.1, 0.15) is 0 Å². The SMILES string of the molecule is c1ccc(CN2CCC(NCc3cnccn3)C2)cc1. The normalized spacial score (nSPS) is 19.3. The van der Waals surface area contributed by atoms with Crippen LogP contribution in [0.3, 0.4) is 0 Å². The molecule has 104 valence electrons. The molecule has 1 aliphatic heterocycles. The minimum Gasteiger partial charge on any atom is -0.307 e. The van der Waals surface area contributed by atoms with Crippen molar-refractivity contribution in [3.8, 4) is 0 Å². The number of nitrogens with zero attached hydrogens (tertiary/aromatic N) is 3. The number of benzene rings is 1. The number of nitrogens with one attached hydrogen (secondary N) is 1. The second-order valence-electron chi connectivity index (χ2n) is 5.28. The molecule has 0 bridgehead atoms. The van der Waals surface area contributed by atoms with Crippen molar-refractivity contribution in [2.75, 3.05) is 13.1 Å². The zero-order valence-electron chi connectivity index (χ0n) is 11.6. The Balaban J connectivity index is 1.45. The van der Waals surface area contributed by atoms with Crippen molar-refractivity contribution in [1.29, 1.82) is 0 Å². The highest BCUT2D eigenvalue weighted by Gasteiger charge is 2.21. The molecule has 0 spiro atoms. The summed E-state index contributed by atoms with van der Waals surface area (Å²) in [4.78, 5) is 10.9. The molecule has 0 radical (unpaired) electrons. The first kappa shape index (κ1) is 13.2. The maximum atomic E-state index is 4.29. The topological polar surface area (TPSA) is 41.0 Å². The molecule has 1 unspecified atom stereocenters. The zero-order valence-corrected chi connectivity index (χ0v) is 11.6. The zero-order chi connectivity index (χ0) is 13.6. The van der Waals surface area contributed by atoms with Gasteiger partial charge in [0.25, 0.3) is 0 Å². The van der Waals surface area contributed by atoms with E-state index >= 15 is 0 Å². The number of hydrogen-bond acceptors (Lipinski definition) is 4. The van der Waals surface area contributed by atoms with Gasteiger partial charge in [-0.05, 0) is 12.0 Å². The van der Waals surface area contributed by atoms with Gasteiger partial charge in [0.15, 0.2) is 0 Å². The molecule has 1 atom stereocenters. The van der Waals surface area contributed by atoms with E-state index in [-0.39, 0.29) is 0 Å². The van der Waals surface area contributed by atoms with Crippen molar-refractivity contribution in [2.24, 2.45) is 0 Å². The molecule has 3 rings (SSSR count). The van der Waals surface area contributed by atoms with Gasteiger partial charge in [-0.2, -0.15) is 0 Å². The Morgan fingerprint density at radius 1 is 1.20 bits per heavy atom. The third kappa shape index (κ3) is 3.62. The molecule has 20 heavy (non-hydrogen) atoms. The minimum absolute atomic E-state index is 0.556. The van der Waals surface area contributed by atoms with E-state index in [2.05, 4.69) is 50.5 Å². The Hall–Kier alpha value is -1.78. The second-order valence-corrected chi connectivity index (χ2v) is 5.28. The van der Waals surface area contributed by atoms with Crippen LogP contribution >= 0.6 is 0 Å². The summed E-state index contributed by atoms with van der Waals surface area (Å²) in [7, 11) is 0. The lowest BCUT2D eigenvalue weighted by atomic mass is 10.2. The van der Waals surface area contributed by atoms with Gasteiger partial charge in [0.2, 0.25) is 0 Å². The Kier molecular flexibility index (Phi) is 4.35. The molecule has 1 fully saturated rings. The Morgan fingerprint density at radius 3 is 2.90 bits per heavy atom. The number of rotatable bonds is 5.